The topological polar surface area (TPSA) is 144 Å². The van der Waals surface area contributed by atoms with Gasteiger partial charge < -0.3 is 30.7 Å². The maximum absolute atomic E-state index is 13.0. The molecule has 2 saturated heterocycles. The Morgan fingerprint density at radius 1 is 1.25 bits per heavy atom. The third-order valence-electron chi connectivity index (χ3n) is 7.18. The van der Waals surface area contributed by atoms with Crippen LogP contribution in [0.3, 0.4) is 0 Å². The number of pyridine rings is 1. The van der Waals surface area contributed by atoms with Crippen molar-refractivity contribution in [3.63, 3.8) is 0 Å². The van der Waals surface area contributed by atoms with E-state index >= 15 is 0 Å². The summed E-state index contributed by atoms with van der Waals surface area (Å²) in [6.07, 6.45) is -0.495. The van der Waals surface area contributed by atoms with Crippen molar-refractivity contribution in [1.29, 1.82) is 0 Å². The fourth-order valence-corrected chi connectivity index (χ4v) is 4.88. The predicted octanol–water partition coefficient (Wildman–Crippen LogP) is 3.74. The number of rotatable bonds is 7. The number of alkyl halides is 3. The first-order valence-electron chi connectivity index (χ1n) is 13.6. The van der Waals surface area contributed by atoms with E-state index in [9.17, 15) is 22.8 Å². The van der Waals surface area contributed by atoms with Crippen LogP contribution in [0.5, 0.6) is 0 Å². The lowest BCUT2D eigenvalue weighted by Gasteiger charge is -2.42. The van der Waals surface area contributed by atoms with Crippen LogP contribution in [0.2, 0.25) is 0 Å². The summed E-state index contributed by atoms with van der Waals surface area (Å²) in [6.45, 7) is 4.01. The van der Waals surface area contributed by atoms with E-state index in [0.29, 0.717) is 56.3 Å². The number of carbonyl (C=O) groups excluding carboxylic acids is 2. The van der Waals surface area contributed by atoms with Gasteiger partial charge in [0.1, 0.15) is 22.5 Å². The second-order valence-electron chi connectivity index (χ2n) is 10.6. The summed E-state index contributed by atoms with van der Waals surface area (Å²) in [5.41, 5.74) is 6.11. The number of morpholine rings is 1. The Bertz CT molecular complexity index is 1550. The number of hydrogen-bond acceptors (Lipinski definition) is 9. The zero-order valence-electron chi connectivity index (χ0n) is 23.5. The summed E-state index contributed by atoms with van der Waals surface area (Å²) in [6, 6.07) is 7.75. The van der Waals surface area contributed by atoms with E-state index in [1.807, 2.05) is 6.92 Å². The number of halogens is 4. The quantitative estimate of drug-likeness (QED) is 0.312. The zero-order valence-corrected chi connectivity index (χ0v) is 24.3. The third-order valence-corrected chi connectivity index (χ3v) is 7.37. The molecule has 4 heterocycles. The van der Waals surface area contributed by atoms with Crippen LogP contribution in [0.15, 0.2) is 69.6 Å². The highest BCUT2D eigenvalue weighted by Gasteiger charge is 2.44. The first-order valence-corrected chi connectivity index (χ1v) is 14.0. The molecule has 0 spiro atoms. The largest absolute Gasteiger partial charge is 0.416 e. The van der Waals surface area contributed by atoms with Crippen LogP contribution >= 0.6 is 11.6 Å². The van der Waals surface area contributed by atoms with Crippen molar-refractivity contribution >= 4 is 47.0 Å². The molecule has 232 valence electrons. The zero-order chi connectivity index (χ0) is 31.5. The fourth-order valence-electron chi connectivity index (χ4n) is 4.74. The number of carbonyl (C=O) groups is 2. The molecule has 3 aliphatic rings. The number of anilines is 1. The van der Waals surface area contributed by atoms with Gasteiger partial charge in [-0.3, -0.25) is 14.6 Å². The average molecular weight is 632 g/mol. The van der Waals surface area contributed by atoms with Crippen LogP contribution in [0, 0.1) is 5.41 Å². The van der Waals surface area contributed by atoms with Crippen molar-refractivity contribution in [2.24, 2.45) is 21.1 Å². The van der Waals surface area contributed by atoms with Gasteiger partial charge in [-0.15, -0.1) is 0 Å². The van der Waals surface area contributed by atoms with Gasteiger partial charge in [0, 0.05) is 43.0 Å². The molecule has 3 aliphatic heterocycles. The van der Waals surface area contributed by atoms with E-state index in [4.69, 9.17) is 26.8 Å². The molecule has 44 heavy (non-hydrogen) atoms. The molecular weight excluding hydrogens is 603 g/mol. The highest BCUT2D eigenvalue weighted by atomic mass is 35.5. The van der Waals surface area contributed by atoms with E-state index in [1.54, 1.807) is 23.2 Å². The normalized spacial score (nSPS) is 21.1. The van der Waals surface area contributed by atoms with E-state index in [0.717, 1.165) is 18.3 Å². The number of hydrogen-bond donors (Lipinski definition) is 3. The number of aliphatic imine (C=N–C) groups is 2. The molecule has 2 aromatic rings. The summed E-state index contributed by atoms with van der Waals surface area (Å²) >= 11 is 6.15. The summed E-state index contributed by atoms with van der Waals surface area (Å²) in [4.78, 5) is 40.0. The Morgan fingerprint density at radius 2 is 1.98 bits per heavy atom. The molecule has 0 radical (unpaired) electrons. The van der Waals surface area contributed by atoms with Gasteiger partial charge in [0.05, 0.1) is 48.8 Å². The van der Waals surface area contributed by atoms with Gasteiger partial charge in [-0.2, -0.15) is 13.2 Å². The van der Waals surface area contributed by atoms with Gasteiger partial charge in [-0.25, -0.2) is 9.98 Å². The van der Waals surface area contributed by atoms with Crippen LogP contribution in [0.4, 0.5) is 19.0 Å². The first kappa shape index (κ1) is 31.2. The monoisotopic (exact) mass is 631 g/mol. The molecule has 15 heteroatoms. The van der Waals surface area contributed by atoms with Crippen molar-refractivity contribution < 1.29 is 32.2 Å². The van der Waals surface area contributed by atoms with Gasteiger partial charge in [0.15, 0.2) is 0 Å². The number of aromatic nitrogens is 1. The van der Waals surface area contributed by atoms with Crippen LogP contribution in [0.1, 0.15) is 34.8 Å². The molecule has 1 aromatic carbocycles. The highest BCUT2D eigenvalue weighted by Crippen LogP contribution is 2.31. The van der Waals surface area contributed by atoms with Crippen LogP contribution in [-0.2, 0) is 20.4 Å². The number of ether oxygens (including phenoxy) is 2. The Labute approximate surface area is 255 Å². The van der Waals surface area contributed by atoms with Crippen molar-refractivity contribution in [3.8, 4) is 0 Å². The highest BCUT2D eigenvalue weighted by molar-refractivity contribution is 6.30. The van der Waals surface area contributed by atoms with Crippen LogP contribution in [0.25, 0.3) is 5.70 Å². The maximum atomic E-state index is 13.0. The van der Waals surface area contributed by atoms with E-state index < -0.39 is 23.1 Å². The molecule has 2 fully saturated rings. The second kappa shape index (κ2) is 12.8. The third kappa shape index (κ3) is 7.09. The van der Waals surface area contributed by atoms with E-state index in [-0.39, 0.29) is 34.4 Å². The second-order valence-corrected chi connectivity index (χ2v) is 11.1. The van der Waals surface area contributed by atoms with Gasteiger partial charge in [0.25, 0.3) is 5.91 Å². The molecule has 11 nitrogen and oxygen atoms in total. The maximum Gasteiger partial charge on any atom is 0.416 e. The SMILES string of the molecule is CC1(C(=O)N2CCO[C@@H](CC=N/C(=C3\NC(Cl)=CN=C3N)c3ccc(C(=O)Nc4cc(C(F)(F)F)ccn4)cc3)C2)COC1. The van der Waals surface area contributed by atoms with Gasteiger partial charge in [-0.05, 0) is 31.2 Å². The van der Waals surface area contributed by atoms with Gasteiger partial charge in [0.2, 0.25) is 5.91 Å². The van der Waals surface area contributed by atoms with Crippen molar-refractivity contribution in [2.45, 2.75) is 25.6 Å². The Kier molecular flexibility index (Phi) is 9.04. The number of amides is 2. The van der Waals surface area contributed by atoms with Gasteiger partial charge in [-0.1, -0.05) is 23.7 Å². The number of nitrogens with two attached hydrogens (primary N) is 1. The minimum absolute atomic E-state index is 0.0431. The van der Waals surface area contributed by atoms with Crippen LogP contribution < -0.4 is 16.4 Å². The Hall–Kier alpha value is -4.27. The predicted molar refractivity (Wildman–Crippen MR) is 158 cm³/mol. The number of benzene rings is 1. The number of nitrogens with zero attached hydrogens (tertiary/aromatic N) is 4. The molecule has 5 rings (SSSR count). The molecule has 2 amide bonds. The molecule has 1 atom stereocenters. The van der Waals surface area contributed by atoms with Crippen LogP contribution in [-0.4, -0.2) is 72.8 Å². The summed E-state index contributed by atoms with van der Waals surface area (Å²) in [5, 5.41) is 5.54. The number of amidine groups is 1. The molecular formula is C29H29ClF3N7O4. The molecule has 4 N–H and O–H groups in total. The van der Waals surface area contributed by atoms with Crippen molar-refractivity contribution in [1.82, 2.24) is 15.2 Å². The Balaban J connectivity index is 1.32. The lowest BCUT2D eigenvalue weighted by atomic mass is 9.86. The standard InChI is InChI=1S/C29H29ClF3N7O4/c1-28(15-43-16-28)27(42)40-10-11-44-20(14-40)7-9-36-23(24-25(34)37-13-21(30)38-24)17-2-4-18(5-3-17)26(41)39-22-12-19(6-8-35-22)29(31,32)33/h2-6,8-9,12-13,20,38H,7,10-11,14-16H2,1H3,(H2,34,37)(H,35,39,41)/b24-23-,36-9?/t20-/m0/s1. The fraction of sp³-hybridized carbons (Fsp3) is 0.345. The van der Waals surface area contributed by atoms with Gasteiger partial charge >= 0.3 is 6.18 Å². The number of nitrogens with one attached hydrogen (secondary N) is 2. The minimum Gasteiger partial charge on any atom is -0.382 e. The molecule has 0 unspecified atom stereocenters. The molecule has 0 saturated carbocycles. The lowest BCUT2D eigenvalue weighted by molar-refractivity contribution is -0.174. The van der Waals surface area contributed by atoms with Crippen molar-refractivity contribution in [2.75, 3.05) is 38.2 Å². The van der Waals surface area contributed by atoms with E-state index in [2.05, 4.69) is 25.6 Å². The summed E-state index contributed by atoms with van der Waals surface area (Å²) in [7, 11) is 0. The van der Waals surface area contributed by atoms with Crippen molar-refractivity contribution in [3.05, 3.63) is 76.3 Å². The minimum atomic E-state index is -4.57. The molecule has 0 bridgehead atoms. The summed E-state index contributed by atoms with van der Waals surface area (Å²) in [5.74, 6) is -0.722. The lowest BCUT2D eigenvalue weighted by Crippen LogP contribution is -2.57. The molecule has 0 aliphatic carbocycles. The Morgan fingerprint density at radius 3 is 2.66 bits per heavy atom. The average Bonchev–Trinajstić information content (AvgIpc) is 2.99. The first-order chi connectivity index (χ1) is 20.9. The molecule has 1 aromatic heterocycles. The smallest absolute Gasteiger partial charge is 0.382 e. The van der Waals surface area contributed by atoms with E-state index in [1.165, 1.54) is 18.3 Å². The summed E-state index contributed by atoms with van der Waals surface area (Å²) < 4.78 is 50.2.